The van der Waals surface area contributed by atoms with Crippen molar-refractivity contribution in [2.45, 2.75) is 57.6 Å². The van der Waals surface area contributed by atoms with Crippen molar-refractivity contribution in [3.63, 3.8) is 0 Å². The summed E-state index contributed by atoms with van der Waals surface area (Å²) in [6.45, 7) is 6.63. The van der Waals surface area contributed by atoms with E-state index in [-0.39, 0.29) is 11.9 Å². The zero-order valence-corrected chi connectivity index (χ0v) is 16.8. The van der Waals surface area contributed by atoms with Gasteiger partial charge in [0.1, 0.15) is 5.76 Å². The van der Waals surface area contributed by atoms with Gasteiger partial charge in [-0.1, -0.05) is 56.5 Å². The average Bonchev–Trinajstić information content (AvgIpc) is 3.08. The molecule has 1 fully saturated rings. The van der Waals surface area contributed by atoms with Gasteiger partial charge in [-0.3, -0.25) is 4.79 Å². The number of furan rings is 1. The van der Waals surface area contributed by atoms with E-state index in [0.717, 1.165) is 23.7 Å². The molecule has 4 heteroatoms. The SMILES string of the molecule is Cc1cccc(CSCc2ccc(C(=O)NC3CCCC(C)C3C)o2)c1. The number of carbonyl (C=O) groups is 1. The van der Waals surface area contributed by atoms with Crippen molar-refractivity contribution in [3.05, 3.63) is 59.0 Å². The van der Waals surface area contributed by atoms with E-state index in [1.807, 2.05) is 6.07 Å². The Morgan fingerprint density at radius 3 is 2.85 bits per heavy atom. The van der Waals surface area contributed by atoms with Gasteiger partial charge in [-0.25, -0.2) is 0 Å². The molecule has 1 amide bonds. The van der Waals surface area contributed by atoms with E-state index in [4.69, 9.17) is 4.42 Å². The van der Waals surface area contributed by atoms with Gasteiger partial charge in [-0.2, -0.15) is 0 Å². The highest BCUT2D eigenvalue weighted by molar-refractivity contribution is 7.97. The predicted octanol–water partition coefficient (Wildman–Crippen LogP) is 5.58. The molecule has 1 aromatic carbocycles. The molecule has 1 aliphatic carbocycles. The van der Waals surface area contributed by atoms with E-state index < -0.39 is 0 Å². The fraction of sp³-hybridized carbons (Fsp3) is 0.500. The van der Waals surface area contributed by atoms with Crippen molar-refractivity contribution in [2.75, 3.05) is 0 Å². The van der Waals surface area contributed by atoms with Crippen LogP contribution in [0.15, 0.2) is 40.8 Å². The Bertz CT molecular complexity index is 739. The second kappa shape index (κ2) is 8.81. The third-order valence-corrected chi connectivity index (χ3v) is 6.53. The molecule has 0 spiro atoms. The summed E-state index contributed by atoms with van der Waals surface area (Å²) in [7, 11) is 0. The van der Waals surface area contributed by atoms with E-state index >= 15 is 0 Å². The Balaban J connectivity index is 1.50. The highest BCUT2D eigenvalue weighted by atomic mass is 32.2. The summed E-state index contributed by atoms with van der Waals surface area (Å²) in [6.07, 6.45) is 3.52. The van der Waals surface area contributed by atoms with Gasteiger partial charge in [-0.15, -0.1) is 11.8 Å². The molecule has 2 aromatic rings. The van der Waals surface area contributed by atoms with Crippen LogP contribution < -0.4 is 5.32 Å². The first-order chi connectivity index (χ1) is 12.5. The summed E-state index contributed by atoms with van der Waals surface area (Å²) in [5.74, 6) is 4.12. The molecule has 0 bridgehead atoms. The molecule has 26 heavy (non-hydrogen) atoms. The summed E-state index contributed by atoms with van der Waals surface area (Å²) in [6, 6.07) is 12.5. The minimum Gasteiger partial charge on any atom is -0.455 e. The van der Waals surface area contributed by atoms with Gasteiger partial charge in [0, 0.05) is 11.8 Å². The van der Waals surface area contributed by atoms with Crippen LogP contribution in [0.2, 0.25) is 0 Å². The lowest BCUT2D eigenvalue weighted by atomic mass is 9.78. The number of aryl methyl sites for hydroxylation is 1. The third kappa shape index (κ3) is 4.94. The van der Waals surface area contributed by atoms with Crippen LogP contribution in [0, 0.1) is 18.8 Å². The first-order valence-corrected chi connectivity index (χ1v) is 10.7. The van der Waals surface area contributed by atoms with Crippen molar-refractivity contribution in [1.29, 1.82) is 0 Å². The van der Waals surface area contributed by atoms with Crippen LogP contribution >= 0.6 is 11.8 Å². The van der Waals surface area contributed by atoms with Crippen LogP contribution in [0.4, 0.5) is 0 Å². The van der Waals surface area contributed by atoms with Crippen LogP contribution in [-0.4, -0.2) is 11.9 Å². The summed E-state index contributed by atoms with van der Waals surface area (Å²) in [5.41, 5.74) is 2.60. The summed E-state index contributed by atoms with van der Waals surface area (Å²) >= 11 is 1.80. The van der Waals surface area contributed by atoms with E-state index in [2.05, 4.69) is 50.4 Å². The standard InChI is InChI=1S/C22H29NO2S/c1-15-6-4-8-18(12-15)13-26-14-19-10-11-21(25-19)22(24)23-20-9-5-7-16(2)17(20)3/h4,6,8,10-12,16-17,20H,5,7,9,13-14H2,1-3H3,(H,23,24). The number of amides is 1. The summed E-state index contributed by atoms with van der Waals surface area (Å²) in [5, 5.41) is 3.18. The highest BCUT2D eigenvalue weighted by Gasteiger charge is 2.29. The number of benzene rings is 1. The summed E-state index contributed by atoms with van der Waals surface area (Å²) < 4.78 is 5.78. The molecule has 1 aliphatic rings. The second-order valence-corrected chi connectivity index (χ2v) is 8.58. The molecule has 3 atom stereocenters. The van der Waals surface area contributed by atoms with Crippen molar-refractivity contribution in [3.8, 4) is 0 Å². The second-order valence-electron chi connectivity index (χ2n) is 7.60. The fourth-order valence-corrected chi connectivity index (χ4v) is 4.55. The van der Waals surface area contributed by atoms with Crippen molar-refractivity contribution < 1.29 is 9.21 Å². The van der Waals surface area contributed by atoms with Crippen LogP contribution in [0.25, 0.3) is 0 Å². The molecule has 0 radical (unpaired) electrons. The van der Waals surface area contributed by atoms with Crippen LogP contribution in [0.3, 0.4) is 0 Å². The Kier molecular flexibility index (Phi) is 6.47. The number of hydrogen-bond acceptors (Lipinski definition) is 3. The molecule has 3 nitrogen and oxygen atoms in total. The predicted molar refractivity (Wildman–Crippen MR) is 108 cm³/mol. The zero-order chi connectivity index (χ0) is 18.5. The first kappa shape index (κ1) is 19.1. The van der Waals surface area contributed by atoms with Gasteiger partial charge in [0.2, 0.25) is 0 Å². The average molecular weight is 372 g/mol. The maximum absolute atomic E-state index is 12.5. The lowest BCUT2D eigenvalue weighted by Crippen LogP contribution is -2.43. The smallest absolute Gasteiger partial charge is 0.287 e. The van der Waals surface area contributed by atoms with Gasteiger partial charge in [0.15, 0.2) is 5.76 Å². The van der Waals surface area contributed by atoms with Crippen LogP contribution in [-0.2, 0) is 11.5 Å². The molecule has 0 saturated heterocycles. The molecule has 1 N–H and O–H groups in total. The number of carbonyl (C=O) groups excluding carboxylic acids is 1. The fourth-order valence-electron chi connectivity index (χ4n) is 3.67. The topological polar surface area (TPSA) is 42.2 Å². The monoisotopic (exact) mass is 371 g/mol. The number of hydrogen-bond donors (Lipinski definition) is 1. The number of thioether (sulfide) groups is 1. The number of nitrogens with one attached hydrogen (secondary N) is 1. The van der Waals surface area contributed by atoms with Gasteiger partial charge in [0.05, 0.1) is 5.75 Å². The maximum Gasteiger partial charge on any atom is 0.287 e. The van der Waals surface area contributed by atoms with E-state index in [0.29, 0.717) is 17.6 Å². The normalized spacial score (nSPS) is 23.0. The molecule has 3 unspecified atom stereocenters. The lowest BCUT2D eigenvalue weighted by molar-refractivity contribution is 0.0861. The van der Waals surface area contributed by atoms with Gasteiger partial charge < -0.3 is 9.73 Å². The Labute approximate surface area is 160 Å². The lowest BCUT2D eigenvalue weighted by Gasteiger charge is -2.34. The molecule has 1 aromatic heterocycles. The van der Waals surface area contributed by atoms with Gasteiger partial charge in [-0.05, 0) is 42.9 Å². The van der Waals surface area contributed by atoms with Crippen molar-refractivity contribution >= 4 is 17.7 Å². The van der Waals surface area contributed by atoms with E-state index in [1.54, 1.807) is 17.8 Å². The third-order valence-electron chi connectivity index (χ3n) is 5.50. The molecule has 3 rings (SSSR count). The van der Waals surface area contributed by atoms with Crippen molar-refractivity contribution in [1.82, 2.24) is 5.32 Å². The minimum atomic E-state index is -0.0779. The van der Waals surface area contributed by atoms with Gasteiger partial charge >= 0.3 is 0 Å². The van der Waals surface area contributed by atoms with Gasteiger partial charge in [0.25, 0.3) is 5.91 Å². The molecule has 0 aliphatic heterocycles. The number of rotatable bonds is 6. The van der Waals surface area contributed by atoms with E-state index in [1.165, 1.54) is 24.0 Å². The highest BCUT2D eigenvalue weighted by Crippen LogP contribution is 2.29. The Morgan fingerprint density at radius 1 is 1.19 bits per heavy atom. The first-order valence-electron chi connectivity index (χ1n) is 9.56. The van der Waals surface area contributed by atoms with E-state index in [9.17, 15) is 4.79 Å². The maximum atomic E-state index is 12.5. The van der Waals surface area contributed by atoms with Crippen LogP contribution in [0.5, 0.6) is 0 Å². The summed E-state index contributed by atoms with van der Waals surface area (Å²) in [4.78, 5) is 12.5. The zero-order valence-electron chi connectivity index (χ0n) is 16.0. The molecule has 1 heterocycles. The van der Waals surface area contributed by atoms with Crippen LogP contribution in [0.1, 0.15) is 60.6 Å². The Morgan fingerprint density at radius 2 is 2.04 bits per heavy atom. The molecular formula is C22H29NO2S. The Hall–Kier alpha value is -1.68. The molecule has 1 saturated carbocycles. The quantitative estimate of drug-likeness (QED) is 0.721. The largest absolute Gasteiger partial charge is 0.455 e. The molecular weight excluding hydrogens is 342 g/mol. The van der Waals surface area contributed by atoms with Crippen molar-refractivity contribution in [2.24, 2.45) is 11.8 Å². The minimum absolute atomic E-state index is 0.0779. The molecule has 140 valence electrons.